The number of rotatable bonds is 9. The number of nitrogens with zero attached hydrogens (tertiary/aromatic N) is 4. The Morgan fingerprint density at radius 3 is 2.49 bits per heavy atom. The number of ether oxygens (including phenoxy) is 1. The minimum Gasteiger partial charge on any atom is -0.494 e. The van der Waals surface area contributed by atoms with Crippen LogP contribution in [0.5, 0.6) is 5.75 Å². The highest BCUT2D eigenvalue weighted by Crippen LogP contribution is 2.34. The molecule has 3 heterocycles. The Kier molecular flexibility index (Phi) is 8.44. The second-order valence-corrected chi connectivity index (χ2v) is 12.8. The fourth-order valence-corrected chi connectivity index (χ4v) is 6.34. The third-order valence-electron chi connectivity index (χ3n) is 7.35. The van der Waals surface area contributed by atoms with Gasteiger partial charge >= 0.3 is 0 Å². The summed E-state index contributed by atoms with van der Waals surface area (Å²) in [6, 6.07) is 14.0. The maximum Gasteiger partial charge on any atom is 0.229 e. The molecule has 2 aliphatic rings. The molecule has 2 N–H and O–H groups in total. The molecule has 0 aliphatic carbocycles. The van der Waals surface area contributed by atoms with E-state index in [2.05, 4.69) is 42.5 Å². The number of methoxy groups -OCH3 is 1. The first kappa shape index (κ1) is 27.5. The summed E-state index contributed by atoms with van der Waals surface area (Å²) in [6.07, 6.45) is 7.74. The fraction of sp³-hybridized carbons (Fsp3) is 0.429. The smallest absolute Gasteiger partial charge is 0.229 e. The zero-order valence-corrected chi connectivity index (χ0v) is 23.9. The SMILES string of the molecule is COc1cc(N2CCC(N3CCCC3)CC2)ccc1Nc1ncc(Cl)c(Nc2ccccc2CS(C)(=O)=O)n1. The Morgan fingerprint density at radius 2 is 1.77 bits per heavy atom. The van der Waals surface area contributed by atoms with E-state index < -0.39 is 9.84 Å². The summed E-state index contributed by atoms with van der Waals surface area (Å²) in [5, 5.41) is 6.72. The number of para-hydroxylation sites is 1. The third kappa shape index (κ3) is 6.93. The highest BCUT2D eigenvalue weighted by atomic mass is 35.5. The van der Waals surface area contributed by atoms with Crippen LogP contribution in [0.25, 0.3) is 0 Å². The number of nitrogens with one attached hydrogen (secondary N) is 2. The molecule has 0 amide bonds. The van der Waals surface area contributed by atoms with Crippen molar-refractivity contribution in [2.24, 2.45) is 0 Å². The predicted octanol–water partition coefficient (Wildman–Crippen LogP) is 5.24. The van der Waals surface area contributed by atoms with Crippen LogP contribution in [0.4, 0.5) is 28.8 Å². The molecule has 208 valence electrons. The molecule has 0 radical (unpaired) electrons. The lowest BCUT2D eigenvalue weighted by molar-refractivity contribution is 0.208. The number of anilines is 5. The van der Waals surface area contributed by atoms with Gasteiger partial charge in [0.15, 0.2) is 15.7 Å². The van der Waals surface area contributed by atoms with Crippen LogP contribution in [0.2, 0.25) is 5.02 Å². The van der Waals surface area contributed by atoms with Crippen LogP contribution in [-0.4, -0.2) is 68.9 Å². The van der Waals surface area contributed by atoms with E-state index in [4.69, 9.17) is 16.3 Å². The molecule has 2 aliphatic heterocycles. The fourth-order valence-electron chi connectivity index (χ4n) is 5.39. The van der Waals surface area contributed by atoms with Crippen LogP contribution in [0.15, 0.2) is 48.7 Å². The molecule has 9 nitrogen and oxygen atoms in total. The topological polar surface area (TPSA) is 99.7 Å². The van der Waals surface area contributed by atoms with Crippen molar-refractivity contribution in [1.29, 1.82) is 0 Å². The number of halogens is 1. The van der Waals surface area contributed by atoms with Gasteiger partial charge in [0.2, 0.25) is 5.95 Å². The van der Waals surface area contributed by atoms with Crippen LogP contribution < -0.4 is 20.3 Å². The van der Waals surface area contributed by atoms with E-state index in [1.165, 1.54) is 51.2 Å². The van der Waals surface area contributed by atoms with Crippen molar-refractivity contribution in [1.82, 2.24) is 14.9 Å². The quantitative estimate of drug-likeness (QED) is 0.358. The monoisotopic (exact) mass is 570 g/mol. The highest BCUT2D eigenvalue weighted by molar-refractivity contribution is 7.89. The molecule has 0 unspecified atom stereocenters. The largest absolute Gasteiger partial charge is 0.494 e. The van der Waals surface area contributed by atoms with Crippen molar-refractivity contribution >= 4 is 50.3 Å². The maximum absolute atomic E-state index is 11.9. The molecule has 2 fully saturated rings. The average Bonchev–Trinajstić information content (AvgIpc) is 3.46. The van der Waals surface area contributed by atoms with Crippen molar-refractivity contribution < 1.29 is 13.2 Å². The minimum atomic E-state index is -3.21. The zero-order chi connectivity index (χ0) is 27.4. The summed E-state index contributed by atoms with van der Waals surface area (Å²) >= 11 is 6.38. The van der Waals surface area contributed by atoms with Gasteiger partial charge in [-0.2, -0.15) is 4.98 Å². The first-order valence-electron chi connectivity index (χ1n) is 13.3. The molecule has 2 aromatic carbocycles. The third-order valence-corrected chi connectivity index (χ3v) is 8.46. The van der Waals surface area contributed by atoms with Gasteiger partial charge in [0, 0.05) is 42.8 Å². The van der Waals surface area contributed by atoms with E-state index in [9.17, 15) is 8.42 Å². The van der Waals surface area contributed by atoms with Gasteiger partial charge in [-0.3, -0.25) is 0 Å². The molecule has 0 bridgehead atoms. The van der Waals surface area contributed by atoms with Gasteiger partial charge in [-0.05, 0) is 62.5 Å². The summed E-state index contributed by atoms with van der Waals surface area (Å²) < 4.78 is 29.5. The van der Waals surface area contributed by atoms with E-state index in [0.717, 1.165) is 24.5 Å². The number of hydrogen-bond acceptors (Lipinski definition) is 9. The Hall–Kier alpha value is -3.08. The molecule has 1 aromatic heterocycles. The summed E-state index contributed by atoms with van der Waals surface area (Å²) in [5.74, 6) is 1.30. The molecule has 11 heteroatoms. The molecule has 0 atom stereocenters. The standard InChI is InChI=1S/C28H35ClN6O3S/c1-38-26-17-22(35-15-11-21(12-16-35)34-13-5-6-14-34)9-10-25(26)32-28-30-18-23(29)27(33-28)31-24-8-4-3-7-20(24)19-39(2,36)37/h3-4,7-10,17-18,21H,5-6,11-16,19H2,1-2H3,(H2,30,31,32,33). The second-order valence-electron chi connectivity index (χ2n) is 10.2. The molecule has 2 saturated heterocycles. The summed E-state index contributed by atoms with van der Waals surface area (Å²) in [7, 11) is -1.56. The van der Waals surface area contributed by atoms with Gasteiger partial charge < -0.3 is 25.2 Å². The molecule has 0 spiro atoms. The number of aromatic nitrogens is 2. The summed E-state index contributed by atoms with van der Waals surface area (Å²) in [6.45, 7) is 4.56. The Labute approximate surface area is 235 Å². The van der Waals surface area contributed by atoms with Crippen molar-refractivity contribution in [3.05, 3.63) is 59.2 Å². The molecule has 39 heavy (non-hydrogen) atoms. The predicted molar refractivity (Wildman–Crippen MR) is 158 cm³/mol. The number of hydrogen-bond donors (Lipinski definition) is 2. The first-order valence-corrected chi connectivity index (χ1v) is 15.7. The summed E-state index contributed by atoms with van der Waals surface area (Å²) in [5.41, 5.74) is 3.12. The molecule has 0 saturated carbocycles. The van der Waals surface area contributed by atoms with Crippen molar-refractivity contribution in [3.63, 3.8) is 0 Å². The van der Waals surface area contributed by atoms with Gasteiger partial charge in [-0.25, -0.2) is 13.4 Å². The molecule has 3 aromatic rings. The summed E-state index contributed by atoms with van der Waals surface area (Å²) in [4.78, 5) is 14.0. The normalized spacial score (nSPS) is 16.8. The van der Waals surface area contributed by atoms with E-state index in [-0.39, 0.29) is 5.75 Å². The van der Waals surface area contributed by atoms with E-state index in [0.29, 0.717) is 39.8 Å². The number of piperidine rings is 1. The van der Waals surface area contributed by atoms with Gasteiger partial charge in [0.25, 0.3) is 0 Å². The molecule has 5 rings (SSSR count). The van der Waals surface area contributed by atoms with Crippen molar-refractivity contribution in [2.75, 3.05) is 55.1 Å². The average molecular weight is 571 g/mol. The Bertz CT molecular complexity index is 1410. The van der Waals surface area contributed by atoms with Crippen LogP contribution in [-0.2, 0) is 15.6 Å². The van der Waals surface area contributed by atoms with E-state index in [1.807, 2.05) is 12.1 Å². The highest BCUT2D eigenvalue weighted by Gasteiger charge is 2.26. The lowest BCUT2D eigenvalue weighted by Gasteiger charge is -2.38. The van der Waals surface area contributed by atoms with Gasteiger partial charge in [0.1, 0.15) is 10.8 Å². The maximum atomic E-state index is 11.9. The number of benzene rings is 2. The van der Waals surface area contributed by atoms with Crippen LogP contribution in [0.3, 0.4) is 0 Å². The molecular formula is C28H35ClN6O3S. The lowest BCUT2D eigenvalue weighted by Crippen LogP contribution is -2.43. The molecular weight excluding hydrogens is 536 g/mol. The lowest BCUT2D eigenvalue weighted by atomic mass is 10.0. The van der Waals surface area contributed by atoms with Gasteiger partial charge in [-0.15, -0.1) is 0 Å². The minimum absolute atomic E-state index is 0.0938. The van der Waals surface area contributed by atoms with Crippen molar-refractivity contribution in [2.45, 2.75) is 37.5 Å². The number of sulfone groups is 1. The second kappa shape index (κ2) is 12.0. The van der Waals surface area contributed by atoms with E-state index in [1.54, 1.807) is 25.3 Å². The van der Waals surface area contributed by atoms with Crippen molar-refractivity contribution in [3.8, 4) is 5.75 Å². The van der Waals surface area contributed by atoms with Crippen LogP contribution in [0, 0.1) is 0 Å². The first-order chi connectivity index (χ1) is 18.8. The van der Waals surface area contributed by atoms with Gasteiger partial charge in [-0.1, -0.05) is 29.8 Å². The Morgan fingerprint density at radius 1 is 1.03 bits per heavy atom. The number of likely N-dealkylation sites (tertiary alicyclic amines) is 1. The Balaban J connectivity index is 1.29. The van der Waals surface area contributed by atoms with Crippen LogP contribution >= 0.6 is 11.6 Å². The van der Waals surface area contributed by atoms with Gasteiger partial charge in [0.05, 0.1) is 24.7 Å². The zero-order valence-electron chi connectivity index (χ0n) is 22.4. The van der Waals surface area contributed by atoms with Crippen LogP contribution in [0.1, 0.15) is 31.2 Å². The van der Waals surface area contributed by atoms with E-state index >= 15 is 0 Å².